The number of likely N-dealkylation sites (tertiary alicyclic amines) is 1. The molecule has 0 amide bonds. The first-order valence-corrected chi connectivity index (χ1v) is 7.71. The van der Waals surface area contributed by atoms with Crippen LogP contribution in [0.25, 0.3) is 0 Å². The van der Waals surface area contributed by atoms with Gasteiger partial charge in [-0.25, -0.2) is 0 Å². The number of rotatable bonds is 3. The van der Waals surface area contributed by atoms with Crippen molar-refractivity contribution in [1.82, 2.24) is 14.4 Å². The lowest BCUT2D eigenvalue weighted by molar-refractivity contribution is -0.0454. The number of hydrogen-bond donors (Lipinski definition) is 0. The fourth-order valence-corrected chi connectivity index (χ4v) is 3.51. The predicted molar refractivity (Wildman–Crippen MR) is 80.7 cm³/mol. The molecular weight excluding hydrogens is 250 g/mol. The molecule has 112 valence electrons. The molecule has 0 N–H and O–H groups in total. The Morgan fingerprint density at radius 1 is 1.35 bits per heavy atom. The average Bonchev–Trinajstić information content (AvgIpc) is 3.01. The molecule has 0 aliphatic carbocycles. The third-order valence-corrected chi connectivity index (χ3v) is 5.12. The first-order chi connectivity index (χ1) is 9.58. The Kier molecular flexibility index (Phi) is 3.89. The van der Waals surface area contributed by atoms with Crippen LogP contribution in [0.15, 0.2) is 18.3 Å². The summed E-state index contributed by atoms with van der Waals surface area (Å²) in [5.41, 5.74) is 1.57. The van der Waals surface area contributed by atoms with Gasteiger partial charge in [-0.1, -0.05) is 0 Å². The number of likely N-dealkylation sites (N-methyl/N-ethyl adjacent to an activating group) is 1. The summed E-state index contributed by atoms with van der Waals surface area (Å²) in [5.74, 6) is 0. The molecule has 4 nitrogen and oxygen atoms in total. The smallest absolute Gasteiger partial charge is 0.0723 e. The van der Waals surface area contributed by atoms with Gasteiger partial charge in [0.25, 0.3) is 0 Å². The summed E-state index contributed by atoms with van der Waals surface area (Å²) in [4.78, 5) is 4.87. The van der Waals surface area contributed by atoms with Crippen LogP contribution in [-0.4, -0.2) is 59.8 Å². The van der Waals surface area contributed by atoms with Crippen LogP contribution < -0.4 is 0 Å². The Labute approximate surface area is 122 Å². The van der Waals surface area contributed by atoms with Crippen LogP contribution in [0, 0.1) is 0 Å². The van der Waals surface area contributed by atoms with Crippen molar-refractivity contribution in [3.8, 4) is 0 Å². The van der Waals surface area contributed by atoms with E-state index in [0.717, 1.165) is 26.2 Å². The van der Waals surface area contributed by atoms with Crippen molar-refractivity contribution in [2.24, 2.45) is 7.05 Å². The summed E-state index contributed by atoms with van der Waals surface area (Å²) in [6.45, 7) is 4.29. The second kappa shape index (κ2) is 5.51. The molecule has 2 aliphatic heterocycles. The number of aryl methyl sites for hydroxylation is 1. The minimum atomic E-state index is 0.166. The highest BCUT2D eigenvalue weighted by Crippen LogP contribution is 2.37. The Hall–Kier alpha value is -0.840. The molecule has 3 rings (SSSR count). The number of aromatic nitrogens is 1. The topological polar surface area (TPSA) is 20.6 Å². The van der Waals surface area contributed by atoms with Crippen molar-refractivity contribution in [2.45, 2.75) is 37.5 Å². The van der Waals surface area contributed by atoms with E-state index in [0.29, 0.717) is 6.04 Å². The molecule has 20 heavy (non-hydrogen) atoms. The van der Waals surface area contributed by atoms with Gasteiger partial charge in [0, 0.05) is 44.6 Å². The SMILES string of the molecule is CN(C)C1COC2(CCN(Cc3cccn3C)CC2)C1. The maximum absolute atomic E-state index is 6.19. The molecule has 0 radical (unpaired) electrons. The molecule has 2 saturated heterocycles. The fourth-order valence-electron chi connectivity index (χ4n) is 3.51. The molecule has 1 aromatic rings. The molecular formula is C16H27N3O. The summed E-state index contributed by atoms with van der Waals surface area (Å²) in [7, 11) is 6.46. The van der Waals surface area contributed by atoms with Crippen molar-refractivity contribution < 1.29 is 4.74 Å². The number of nitrogens with zero attached hydrogens (tertiary/aromatic N) is 3. The molecule has 1 spiro atoms. The van der Waals surface area contributed by atoms with E-state index in [9.17, 15) is 0 Å². The molecule has 1 unspecified atom stereocenters. The summed E-state index contributed by atoms with van der Waals surface area (Å²) >= 11 is 0. The van der Waals surface area contributed by atoms with Gasteiger partial charge in [-0.15, -0.1) is 0 Å². The Bertz CT molecular complexity index is 446. The Morgan fingerprint density at radius 2 is 2.10 bits per heavy atom. The van der Waals surface area contributed by atoms with E-state index in [1.165, 1.54) is 25.0 Å². The zero-order chi connectivity index (χ0) is 14.2. The van der Waals surface area contributed by atoms with E-state index in [-0.39, 0.29) is 5.60 Å². The van der Waals surface area contributed by atoms with E-state index in [2.05, 4.69) is 53.8 Å². The highest BCUT2D eigenvalue weighted by atomic mass is 16.5. The van der Waals surface area contributed by atoms with Gasteiger partial charge >= 0.3 is 0 Å². The third kappa shape index (κ3) is 2.78. The molecule has 0 aromatic carbocycles. The summed E-state index contributed by atoms with van der Waals surface area (Å²) < 4.78 is 8.41. The van der Waals surface area contributed by atoms with Crippen molar-refractivity contribution in [2.75, 3.05) is 33.8 Å². The third-order valence-electron chi connectivity index (χ3n) is 5.12. The predicted octanol–water partition coefficient (Wildman–Crippen LogP) is 1.71. The van der Waals surface area contributed by atoms with Gasteiger partial charge in [0.2, 0.25) is 0 Å². The van der Waals surface area contributed by atoms with Gasteiger partial charge in [0.05, 0.1) is 12.2 Å². The minimum absolute atomic E-state index is 0.166. The van der Waals surface area contributed by atoms with E-state index in [1.807, 2.05) is 0 Å². The minimum Gasteiger partial charge on any atom is -0.373 e. The van der Waals surface area contributed by atoms with Crippen LogP contribution in [0.5, 0.6) is 0 Å². The van der Waals surface area contributed by atoms with Gasteiger partial charge < -0.3 is 14.2 Å². The first kappa shape index (κ1) is 14.1. The molecule has 1 aromatic heterocycles. The highest BCUT2D eigenvalue weighted by Gasteiger charge is 2.43. The maximum Gasteiger partial charge on any atom is 0.0723 e. The highest BCUT2D eigenvalue weighted by molar-refractivity contribution is 5.07. The molecule has 0 saturated carbocycles. The molecule has 2 fully saturated rings. The van der Waals surface area contributed by atoms with Crippen LogP contribution in [0.2, 0.25) is 0 Å². The standard InChI is InChI=1S/C16H27N3O/c1-17(2)15-11-16(20-13-15)6-9-19(10-7-16)12-14-5-4-8-18(14)3/h4-5,8,15H,6-7,9-13H2,1-3H3. The summed E-state index contributed by atoms with van der Waals surface area (Å²) in [6.07, 6.45) is 5.70. The van der Waals surface area contributed by atoms with E-state index in [1.54, 1.807) is 0 Å². The molecule has 3 heterocycles. The maximum atomic E-state index is 6.19. The zero-order valence-corrected chi connectivity index (χ0v) is 13.0. The molecule has 2 aliphatic rings. The zero-order valence-electron chi connectivity index (χ0n) is 13.0. The lowest BCUT2D eigenvalue weighted by Crippen LogP contribution is -2.44. The van der Waals surface area contributed by atoms with Gasteiger partial charge in [0.15, 0.2) is 0 Å². The van der Waals surface area contributed by atoms with Crippen molar-refractivity contribution in [1.29, 1.82) is 0 Å². The molecule has 1 atom stereocenters. The second-order valence-corrected chi connectivity index (χ2v) is 6.70. The monoisotopic (exact) mass is 277 g/mol. The van der Waals surface area contributed by atoms with Crippen LogP contribution in [0.1, 0.15) is 25.0 Å². The van der Waals surface area contributed by atoms with Crippen LogP contribution in [0.4, 0.5) is 0 Å². The lowest BCUT2D eigenvalue weighted by Gasteiger charge is -2.38. The van der Waals surface area contributed by atoms with Gasteiger partial charge in [-0.2, -0.15) is 0 Å². The largest absolute Gasteiger partial charge is 0.373 e. The van der Waals surface area contributed by atoms with Crippen LogP contribution >= 0.6 is 0 Å². The lowest BCUT2D eigenvalue weighted by atomic mass is 9.87. The van der Waals surface area contributed by atoms with Crippen molar-refractivity contribution >= 4 is 0 Å². The molecule has 4 heteroatoms. The van der Waals surface area contributed by atoms with Gasteiger partial charge in [-0.3, -0.25) is 4.90 Å². The van der Waals surface area contributed by atoms with Gasteiger partial charge in [0.1, 0.15) is 0 Å². The molecule has 0 bridgehead atoms. The average molecular weight is 277 g/mol. The number of ether oxygens (including phenoxy) is 1. The van der Waals surface area contributed by atoms with Crippen molar-refractivity contribution in [3.63, 3.8) is 0 Å². The van der Waals surface area contributed by atoms with E-state index < -0.39 is 0 Å². The van der Waals surface area contributed by atoms with Crippen molar-refractivity contribution in [3.05, 3.63) is 24.0 Å². The summed E-state index contributed by atoms with van der Waals surface area (Å²) in [6, 6.07) is 4.95. The van der Waals surface area contributed by atoms with E-state index in [4.69, 9.17) is 4.74 Å². The summed E-state index contributed by atoms with van der Waals surface area (Å²) in [5, 5.41) is 0. The first-order valence-electron chi connectivity index (χ1n) is 7.71. The number of piperidine rings is 1. The normalized spacial score (nSPS) is 26.7. The number of hydrogen-bond acceptors (Lipinski definition) is 3. The van der Waals surface area contributed by atoms with Gasteiger partial charge in [-0.05, 0) is 45.5 Å². The second-order valence-electron chi connectivity index (χ2n) is 6.70. The van der Waals surface area contributed by atoms with Crippen LogP contribution in [0.3, 0.4) is 0 Å². The quantitative estimate of drug-likeness (QED) is 0.839. The van der Waals surface area contributed by atoms with E-state index >= 15 is 0 Å². The Balaban J connectivity index is 1.54. The fraction of sp³-hybridized carbons (Fsp3) is 0.750. The Morgan fingerprint density at radius 3 is 2.65 bits per heavy atom. The van der Waals surface area contributed by atoms with Crippen LogP contribution in [-0.2, 0) is 18.3 Å².